The van der Waals surface area contributed by atoms with E-state index < -0.39 is 0 Å². The summed E-state index contributed by atoms with van der Waals surface area (Å²) in [7, 11) is 0. The lowest BCUT2D eigenvalue weighted by Gasteiger charge is -2.28. The predicted molar refractivity (Wildman–Crippen MR) is 113 cm³/mol. The van der Waals surface area contributed by atoms with Crippen LogP contribution in [0.3, 0.4) is 0 Å². The second-order valence-corrected chi connectivity index (χ2v) is 9.86. The molecule has 3 fully saturated rings. The van der Waals surface area contributed by atoms with E-state index in [1.165, 1.54) is 45.6 Å². The van der Waals surface area contributed by atoms with Crippen molar-refractivity contribution in [2.45, 2.75) is 40.5 Å². The molecule has 0 aromatic heterocycles. The van der Waals surface area contributed by atoms with E-state index in [0.29, 0.717) is 11.8 Å². The zero-order chi connectivity index (χ0) is 20.2. The van der Waals surface area contributed by atoms with Crippen LogP contribution in [0.2, 0.25) is 0 Å². The molecule has 1 aromatic rings. The highest BCUT2D eigenvalue weighted by Gasteiger charge is 2.70. The number of hydrogen-bond acceptors (Lipinski definition) is 2. The van der Waals surface area contributed by atoms with Gasteiger partial charge in [-0.2, -0.15) is 0 Å². The molecule has 4 aliphatic carbocycles. The Bertz CT molecular complexity index is 1010. The fourth-order valence-electron chi connectivity index (χ4n) is 7.59. The molecule has 0 N–H and O–H groups in total. The fraction of sp³-hybridized carbons (Fsp3) is 0.462. The molecule has 148 valence electrons. The Labute approximate surface area is 172 Å². The van der Waals surface area contributed by atoms with Crippen LogP contribution in [0.5, 0.6) is 0 Å². The number of carbonyl (C=O) groups is 2. The Morgan fingerprint density at radius 3 is 1.69 bits per heavy atom. The first-order valence-corrected chi connectivity index (χ1v) is 10.9. The molecule has 1 aliphatic heterocycles. The number of imide groups is 1. The minimum atomic E-state index is -0.200. The van der Waals surface area contributed by atoms with Crippen molar-refractivity contribution in [2.75, 3.05) is 4.90 Å². The summed E-state index contributed by atoms with van der Waals surface area (Å²) in [5.74, 6) is 0.969. The van der Waals surface area contributed by atoms with E-state index in [9.17, 15) is 9.59 Å². The maximum atomic E-state index is 13.6. The zero-order valence-electron chi connectivity index (χ0n) is 17.5. The largest absolute Gasteiger partial charge is 0.274 e. The van der Waals surface area contributed by atoms with Crippen LogP contribution in [0, 0.1) is 35.5 Å². The average molecular weight is 386 g/mol. The lowest BCUT2D eigenvalue weighted by atomic mass is 9.72. The second kappa shape index (κ2) is 5.59. The smallest absolute Gasteiger partial charge is 0.238 e. The third kappa shape index (κ3) is 1.90. The molecule has 6 atom stereocenters. The summed E-state index contributed by atoms with van der Waals surface area (Å²) >= 11 is 0. The van der Waals surface area contributed by atoms with Gasteiger partial charge in [-0.25, -0.2) is 4.90 Å². The summed E-state index contributed by atoms with van der Waals surface area (Å²) in [4.78, 5) is 28.7. The number of nitrogens with zero attached hydrogens (tertiary/aromatic N) is 1. The van der Waals surface area contributed by atoms with E-state index in [1.54, 1.807) is 5.57 Å². The highest BCUT2D eigenvalue weighted by Crippen LogP contribution is 2.72. The lowest BCUT2D eigenvalue weighted by molar-refractivity contribution is -0.123. The molecule has 5 aliphatic rings. The molecule has 3 heteroatoms. The van der Waals surface area contributed by atoms with Gasteiger partial charge < -0.3 is 0 Å². The Kier molecular flexibility index (Phi) is 3.36. The van der Waals surface area contributed by atoms with E-state index >= 15 is 0 Å². The number of carbonyl (C=O) groups excluding carboxylic acids is 2. The van der Waals surface area contributed by atoms with Crippen molar-refractivity contribution in [1.29, 1.82) is 0 Å². The summed E-state index contributed by atoms with van der Waals surface area (Å²) < 4.78 is 0. The SMILES string of the molecule is CC(C)=C1C2CCC1C1=C2C2C(=C(C)C)C1C1C(=O)N(c3ccccc3)C(=O)C21. The zero-order valence-corrected chi connectivity index (χ0v) is 17.5. The third-order valence-corrected chi connectivity index (χ3v) is 8.20. The molecular formula is C26H27NO2. The van der Waals surface area contributed by atoms with Crippen LogP contribution in [0.1, 0.15) is 40.5 Å². The van der Waals surface area contributed by atoms with Gasteiger partial charge in [0.05, 0.1) is 17.5 Å². The number of para-hydroxylation sites is 1. The molecule has 0 radical (unpaired) electrons. The Morgan fingerprint density at radius 1 is 0.759 bits per heavy atom. The first-order chi connectivity index (χ1) is 13.9. The van der Waals surface area contributed by atoms with Crippen LogP contribution in [-0.4, -0.2) is 11.8 Å². The maximum Gasteiger partial charge on any atom is 0.238 e. The van der Waals surface area contributed by atoms with Crippen molar-refractivity contribution in [3.63, 3.8) is 0 Å². The van der Waals surface area contributed by atoms with Gasteiger partial charge in [-0.1, -0.05) is 51.6 Å². The number of allylic oxidation sites excluding steroid dienone is 6. The lowest BCUT2D eigenvalue weighted by Crippen LogP contribution is -2.33. The maximum absolute atomic E-state index is 13.6. The molecule has 6 unspecified atom stereocenters. The normalized spacial score (nSPS) is 36.5. The van der Waals surface area contributed by atoms with Crippen LogP contribution in [0.4, 0.5) is 5.69 Å². The van der Waals surface area contributed by atoms with Crippen molar-refractivity contribution in [1.82, 2.24) is 0 Å². The highest BCUT2D eigenvalue weighted by atomic mass is 16.2. The molecule has 29 heavy (non-hydrogen) atoms. The van der Waals surface area contributed by atoms with Crippen LogP contribution >= 0.6 is 0 Å². The van der Waals surface area contributed by atoms with E-state index in [1.807, 2.05) is 30.3 Å². The average Bonchev–Trinajstić information content (AvgIpc) is 3.45. The molecule has 2 saturated carbocycles. The van der Waals surface area contributed by atoms with Crippen molar-refractivity contribution in [3.8, 4) is 0 Å². The Hall–Kier alpha value is -2.42. The van der Waals surface area contributed by atoms with Crippen molar-refractivity contribution < 1.29 is 9.59 Å². The second-order valence-electron chi connectivity index (χ2n) is 9.86. The first kappa shape index (κ1) is 17.4. The van der Waals surface area contributed by atoms with E-state index in [2.05, 4.69) is 27.7 Å². The first-order valence-electron chi connectivity index (χ1n) is 10.9. The Morgan fingerprint density at radius 2 is 1.24 bits per heavy atom. The summed E-state index contributed by atoms with van der Waals surface area (Å²) in [5, 5.41) is 0. The third-order valence-electron chi connectivity index (χ3n) is 8.20. The van der Waals surface area contributed by atoms with Gasteiger partial charge in [-0.05, 0) is 52.7 Å². The van der Waals surface area contributed by atoms with Gasteiger partial charge in [0.2, 0.25) is 11.8 Å². The standard InChI is InChI=1S/C26H27NO2/c1-12(2)17-15-10-11-16(17)20-19(15)21-18(13(3)4)22(20)24-23(21)25(28)27(26(24)29)14-8-6-5-7-9-14/h5-9,15-16,21-24H,10-11H2,1-4H3. The number of rotatable bonds is 1. The van der Waals surface area contributed by atoms with Crippen molar-refractivity contribution in [3.05, 3.63) is 63.8 Å². The summed E-state index contributed by atoms with van der Waals surface area (Å²) in [6, 6.07) is 9.49. The van der Waals surface area contributed by atoms with Gasteiger partial charge in [-0.3, -0.25) is 9.59 Å². The highest BCUT2D eigenvalue weighted by molar-refractivity contribution is 6.23. The number of benzene rings is 1. The molecule has 6 rings (SSSR count). The number of amides is 2. The van der Waals surface area contributed by atoms with Gasteiger partial charge in [-0.15, -0.1) is 0 Å². The van der Waals surface area contributed by atoms with Gasteiger partial charge in [0.15, 0.2) is 0 Å². The molecule has 1 aromatic carbocycles. The number of anilines is 1. The molecule has 3 nitrogen and oxygen atoms in total. The minimum Gasteiger partial charge on any atom is -0.274 e. The van der Waals surface area contributed by atoms with Gasteiger partial charge in [0, 0.05) is 23.7 Å². The van der Waals surface area contributed by atoms with Gasteiger partial charge in [0.25, 0.3) is 0 Å². The van der Waals surface area contributed by atoms with E-state index in [0.717, 1.165) is 5.69 Å². The van der Waals surface area contributed by atoms with Crippen molar-refractivity contribution >= 4 is 17.5 Å². The topological polar surface area (TPSA) is 37.4 Å². The van der Waals surface area contributed by atoms with E-state index in [4.69, 9.17) is 0 Å². The van der Waals surface area contributed by atoms with Gasteiger partial charge in [0.1, 0.15) is 0 Å². The molecule has 1 heterocycles. The summed E-state index contributed by atoms with van der Waals surface area (Å²) in [6.45, 7) is 8.82. The predicted octanol–water partition coefficient (Wildman–Crippen LogP) is 5.06. The monoisotopic (exact) mass is 385 g/mol. The number of hydrogen-bond donors (Lipinski definition) is 0. The van der Waals surface area contributed by atoms with Crippen molar-refractivity contribution in [2.24, 2.45) is 35.5 Å². The van der Waals surface area contributed by atoms with Crippen LogP contribution in [0.15, 0.2) is 63.8 Å². The molecule has 1 saturated heterocycles. The van der Waals surface area contributed by atoms with Gasteiger partial charge >= 0.3 is 0 Å². The molecule has 0 spiro atoms. The minimum absolute atomic E-state index is 0.0190. The molecule has 2 amide bonds. The molecular weight excluding hydrogens is 358 g/mol. The van der Waals surface area contributed by atoms with Crippen LogP contribution in [-0.2, 0) is 9.59 Å². The number of fused-ring (bicyclic) bond motifs is 11. The molecule has 4 bridgehead atoms. The van der Waals surface area contributed by atoms with Crippen LogP contribution < -0.4 is 4.90 Å². The quantitative estimate of drug-likeness (QED) is 0.385. The van der Waals surface area contributed by atoms with Crippen LogP contribution in [0.25, 0.3) is 0 Å². The summed E-state index contributed by atoms with van der Waals surface area (Å²) in [6.07, 6.45) is 2.43. The fourth-order valence-corrected chi connectivity index (χ4v) is 7.59. The Balaban J connectivity index is 1.51. The van der Waals surface area contributed by atoms with E-state index in [-0.39, 0.29) is 35.5 Å². The summed E-state index contributed by atoms with van der Waals surface area (Å²) in [5.41, 5.74) is 9.57.